The molecule has 0 radical (unpaired) electrons. The second kappa shape index (κ2) is 4.13. The summed E-state index contributed by atoms with van der Waals surface area (Å²) in [6, 6.07) is 7.42. The van der Waals surface area contributed by atoms with Gasteiger partial charge in [0.1, 0.15) is 0 Å². The van der Waals surface area contributed by atoms with E-state index in [2.05, 4.69) is 6.58 Å². The van der Waals surface area contributed by atoms with E-state index in [1.165, 1.54) is 30.3 Å². The van der Waals surface area contributed by atoms with E-state index >= 15 is 0 Å². The Hall–Kier alpha value is -1.97. The molecular weight excluding hydrogens is 226 g/mol. The number of hydrogen-bond acceptors (Lipinski definition) is 2. The monoisotopic (exact) mass is 236 g/mol. The number of halogens is 2. The van der Waals surface area contributed by atoms with Crippen molar-refractivity contribution in [3.05, 3.63) is 60.4 Å². The Morgan fingerprint density at radius 1 is 1.29 bits per heavy atom. The second-order valence-corrected chi connectivity index (χ2v) is 3.71. The zero-order chi connectivity index (χ0) is 12.5. The van der Waals surface area contributed by atoms with Crippen LogP contribution in [0.5, 0.6) is 0 Å². The molecule has 2 nitrogen and oxygen atoms in total. The average Bonchev–Trinajstić information content (AvgIpc) is 2.76. The molecule has 4 heteroatoms. The summed E-state index contributed by atoms with van der Waals surface area (Å²) in [6.45, 7) is 3.43. The van der Waals surface area contributed by atoms with Crippen molar-refractivity contribution in [1.82, 2.24) is 0 Å². The van der Waals surface area contributed by atoms with Crippen LogP contribution in [0.1, 0.15) is 10.4 Å². The highest BCUT2D eigenvalue weighted by Crippen LogP contribution is 2.33. The van der Waals surface area contributed by atoms with E-state index in [0.717, 1.165) is 6.26 Å². The van der Waals surface area contributed by atoms with Gasteiger partial charge < -0.3 is 4.74 Å². The first kappa shape index (κ1) is 11.5. The number of benzene rings is 1. The minimum Gasteiger partial charge on any atom is -0.486 e. The van der Waals surface area contributed by atoms with E-state index in [1.54, 1.807) is 6.07 Å². The second-order valence-electron chi connectivity index (χ2n) is 3.71. The first-order chi connectivity index (χ1) is 8.03. The number of rotatable bonds is 3. The van der Waals surface area contributed by atoms with Crippen LogP contribution in [-0.4, -0.2) is 17.8 Å². The van der Waals surface area contributed by atoms with Crippen LogP contribution in [-0.2, 0) is 4.74 Å². The van der Waals surface area contributed by atoms with E-state index in [1.807, 2.05) is 0 Å². The van der Waals surface area contributed by atoms with Gasteiger partial charge in [-0.3, -0.25) is 4.79 Å². The van der Waals surface area contributed by atoms with Crippen LogP contribution in [0.4, 0.5) is 8.78 Å². The molecule has 1 aliphatic heterocycles. The Labute approximate surface area is 97.2 Å². The summed E-state index contributed by atoms with van der Waals surface area (Å²) >= 11 is 0. The van der Waals surface area contributed by atoms with Crippen molar-refractivity contribution in [2.75, 3.05) is 0 Å². The first-order valence-electron chi connectivity index (χ1n) is 5.02. The van der Waals surface area contributed by atoms with Gasteiger partial charge in [-0.05, 0) is 11.6 Å². The molecule has 1 aliphatic rings. The molecule has 17 heavy (non-hydrogen) atoms. The standard InChI is InChI=1S/C13H10F2O2/c1-9-7-8-17-12(9)13(14,15)11(16)10-5-3-2-4-6-10/h2-8,12H,1H2/t12-/m1/s1. The van der Waals surface area contributed by atoms with E-state index in [9.17, 15) is 13.6 Å². The molecule has 0 N–H and O–H groups in total. The lowest BCUT2D eigenvalue weighted by Gasteiger charge is -2.22. The minimum atomic E-state index is -3.61. The summed E-state index contributed by atoms with van der Waals surface area (Å²) in [4.78, 5) is 11.7. The van der Waals surface area contributed by atoms with Gasteiger partial charge in [-0.15, -0.1) is 0 Å². The predicted molar refractivity (Wildman–Crippen MR) is 58.9 cm³/mol. The molecule has 0 aromatic heterocycles. The number of ether oxygens (including phenoxy) is 1. The van der Waals surface area contributed by atoms with Gasteiger partial charge in [0.15, 0.2) is 6.10 Å². The van der Waals surface area contributed by atoms with Gasteiger partial charge in [0.25, 0.3) is 0 Å². The molecule has 0 spiro atoms. The van der Waals surface area contributed by atoms with Gasteiger partial charge in [-0.25, -0.2) is 0 Å². The molecule has 0 aliphatic carbocycles. The lowest BCUT2D eigenvalue weighted by molar-refractivity contribution is -0.0598. The third-order valence-corrected chi connectivity index (χ3v) is 2.50. The Morgan fingerprint density at radius 2 is 1.94 bits per heavy atom. The lowest BCUT2D eigenvalue weighted by atomic mass is 9.97. The van der Waals surface area contributed by atoms with Gasteiger partial charge in [-0.2, -0.15) is 8.78 Å². The fourth-order valence-electron chi connectivity index (χ4n) is 1.60. The quantitative estimate of drug-likeness (QED) is 0.754. The van der Waals surface area contributed by atoms with Crippen LogP contribution >= 0.6 is 0 Å². The van der Waals surface area contributed by atoms with Crippen molar-refractivity contribution < 1.29 is 18.3 Å². The number of alkyl halides is 2. The number of carbonyl (C=O) groups is 1. The summed E-state index contributed by atoms with van der Waals surface area (Å²) in [5.41, 5.74) is 0.0556. The molecule has 1 atom stereocenters. The summed E-state index contributed by atoms with van der Waals surface area (Å²) in [5, 5.41) is 0. The van der Waals surface area contributed by atoms with Gasteiger partial charge in [-0.1, -0.05) is 36.9 Å². The summed E-state index contributed by atoms with van der Waals surface area (Å²) in [7, 11) is 0. The van der Waals surface area contributed by atoms with Gasteiger partial charge in [0, 0.05) is 5.56 Å². The highest BCUT2D eigenvalue weighted by molar-refractivity contribution is 6.02. The smallest absolute Gasteiger partial charge is 0.349 e. The molecule has 1 aromatic carbocycles. The van der Waals surface area contributed by atoms with Crippen LogP contribution < -0.4 is 0 Å². The molecule has 0 amide bonds. The fourth-order valence-corrected chi connectivity index (χ4v) is 1.60. The normalized spacial score (nSPS) is 19.2. The number of ketones is 1. The molecule has 1 aromatic rings. The maximum Gasteiger partial charge on any atom is 0.349 e. The van der Waals surface area contributed by atoms with Gasteiger partial charge in [0.05, 0.1) is 6.26 Å². The van der Waals surface area contributed by atoms with Crippen molar-refractivity contribution in [3.63, 3.8) is 0 Å². The van der Waals surface area contributed by atoms with E-state index in [4.69, 9.17) is 4.74 Å². The van der Waals surface area contributed by atoms with Crippen molar-refractivity contribution >= 4 is 5.78 Å². The van der Waals surface area contributed by atoms with Crippen molar-refractivity contribution in [3.8, 4) is 0 Å². The Kier molecular flexibility index (Phi) is 2.79. The summed E-state index contributed by atoms with van der Waals surface area (Å²) in [6.07, 6.45) is 0.853. The molecule has 2 rings (SSSR count). The molecule has 0 saturated carbocycles. The topological polar surface area (TPSA) is 26.3 Å². The van der Waals surface area contributed by atoms with Crippen LogP contribution in [0.15, 0.2) is 54.8 Å². The summed E-state index contributed by atoms with van der Waals surface area (Å²) < 4.78 is 32.5. The Morgan fingerprint density at radius 3 is 2.47 bits per heavy atom. The van der Waals surface area contributed by atoms with E-state index in [-0.39, 0.29) is 11.1 Å². The number of Topliss-reactive ketones (excluding diaryl/α,β-unsaturated/α-hetero) is 1. The third-order valence-electron chi connectivity index (χ3n) is 2.50. The van der Waals surface area contributed by atoms with Crippen molar-refractivity contribution in [2.45, 2.75) is 12.0 Å². The zero-order valence-electron chi connectivity index (χ0n) is 8.90. The maximum atomic E-state index is 13.9. The van der Waals surface area contributed by atoms with Crippen molar-refractivity contribution in [2.24, 2.45) is 0 Å². The SMILES string of the molecule is C=C1C=CO[C@H]1C(F)(F)C(=O)c1ccccc1. The zero-order valence-corrected chi connectivity index (χ0v) is 8.90. The van der Waals surface area contributed by atoms with E-state index < -0.39 is 17.8 Å². The Balaban J connectivity index is 2.27. The fraction of sp³-hybridized carbons (Fsp3) is 0.154. The van der Waals surface area contributed by atoms with Crippen LogP contribution in [0.25, 0.3) is 0 Å². The predicted octanol–water partition coefficient (Wildman–Crippen LogP) is 2.97. The largest absolute Gasteiger partial charge is 0.486 e. The van der Waals surface area contributed by atoms with Crippen LogP contribution in [0.2, 0.25) is 0 Å². The van der Waals surface area contributed by atoms with E-state index in [0.29, 0.717) is 0 Å². The number of carbonyl (C=O) groups excluding carboxylic acids is 1. The van der Waals surface area contributed by atoms with Crippen molar-refractivity contribution in [1.29, 1.82) is 0 Å². The highest BCUT2D eigenvalue weighted by atomic mass is 19.3. The molecule has 88 valence electrons. The van der Waals surface area contributed by atoms with Gasteiger partial charge >= 0.3 is 5.92 Å². The average molecular weight is 236 g/mol. The third kappa shape index (κ3) is 1.98. The molecule has 0 unspecified atom stereocenters. The molecule has 0 bridgehead atoms. The number of hydrogen-bond donors (Lipinski definition) is 0. The first-order valence-corrected chi connectivity index (χ1v) is 5.02. The van der Waals surface area contributed by atoms with Crippen LogP contribution in [0, 0.1) is 0 Å². The minimum absolute atomic E-state index is 0.0409. The maximum absolute atomic E-state index is 13.9. The highest BCUT2D eigenvalue weighted by Gasteiger charge is 2.50. The molecule has 0 saturated heterocycles. The molecular formula is C13H10F2O2. The summed E-state index contributed by atoms with van der Waals surface area (Å²) in [5.74, 6) is -4.87. The van der Waals surface area contributed by atoms with Crippen LogP contribution in [0.3, 0.4) is 0 Å². The van der Waals surface area contributed by atoms with Gasteiger partial charge in [0.2, 0.25) is 5.78 Å². The molecule has 0 fully saturated rings. The lowest BCUT2D eigenvalue weighted by Crippen LogP contribution is -2.41. The molecule has 1 heterocycles. The Bertz CT molecular complexity index is 477.